The van der Waals surface area contributed by atoms with E-state index in [1.807, 2.05) is 4.90 Å². The van der Waals surface area contributed by atoms with E-state index in [9.17, 15) is 4.79 Å². The largest absolute Gasteiger partial charge is 0.356 e. The number of hydrogen-bond donors (Lipinski definition) is 0. The van der Waals surface area contributed by atoms with Crippen LogP contribution in [0.15, 0.2) is 12.2 Å². The lowest BCUT2D eigenvalue weighted by Crippen LogP contribution is -2.37. The summed E-state index contributed by atoms with van der Waals surface area (Å²) in [6, 6.07) is -0.00772. The molecule has 1 aromatic heterocycles. The van der Waals surface area contributed by atoms with Gasteiger partial charge in [-0.3, -0.25) is 4.79 Å². The molecule has 1 saturated carbocycles. The van der Waals surface area contributed by atoms with Crippen molar-refractivity contribution in [1.29, 1.82) is 0 Å². The molecule has 0 radical (unpaired) electrons. The number of anilines is 1. The Labute approximate surface area is 169 Å². The normalized spacial score (nSPS) is 23.0. The molecule has 1 atom stereocenters. The molecule has 1 aromatic rings. The second-order valence-electron chi connectivity index (χ2n) is 8.96. The molecule has 1 saturated heterocycles. The number of nitrogens with zero attached hydrogens (tertiary/aromatic N) is 4. The number of hydrogen-bond acceptors (Lipinski definition) is 4. The van der Waals surface area contributed by atoms with Crippen LogP contribution in [0.1, 0.15) is 81.4 Å². The van der Waals surface area contributed by atoms with Gasteiger partial charge in [-0.1, -0.05) is 25.8 Å². The van der Waals surface area contributed by atoms with Crippen LogP contribution < -0.4 is 4.90 Å². The molecule has 3 aliphatic rings. The molecule has 152 valence electrons. The zero-order valence-electron chi connectivity index (χ0n) is 17.5. The van der Waals surface area contributed by atoms with Crippen molar-refractivity contribution >= 4 is 11.7 Å². The van der Waals surface area contributed by atoms with Crippen LogP contribution >= 0.6 is 0 Å². The first-order valence-corrected chi connectivity index (χ1v) is 11.1. The second-order valence-corrected chi connectivity index (χ2v) is 8.96. The first-order chi connectivity index (χ1) is 13.5. The van der Waals surface area contributed by atoms with Gasteiger partial charge in [0.25, 0.3) is 0 Å². The third-order valence-corrected chi connectivity index (χ3v) is 6.74. The molecule has 0 bridgehead atoms. The van der Waals surface area contributed by atoms with Crippen LogP contribution in [0.3, 0.4) is 0 Å². The Morgan fingerprint density at radius 2 is 1.86 bits per heavy atom. The summed E-state index contributed by atoms with van der Waals surface area (Å²) in [6.07, 6.45) is 11.1. The number of amides is 1. The highest BCUT2D eigenvalue weighted by atomic mass is 16.2. The molecule has 0 spiro atoms. The topological polar surface area (TPSA) is 49.3 Å². The van der Waals surface area contributed by atoms with Crippen LogP contribution in [0.4, 0.5) is 5.82 Å². The van der Waals surface area contributed by atoms with Gasteiger partial charge in [-0.05, 0) is 58.3 Å². The lowest BCUT2D eigenvalue weighted by molar-refractivity contribution is -0.128. The van der Waals surface area contributed by atoms with E-state index >= 15 is 0 Å². The summed E-state index contributed by atoms with van der Waals surface area (Å²) in [5, 5.41) is 0. The Kier molecular flexibility index (Phi) is 5.70. The molecule has 5 nitrogen and oxygen atoms in total. The second kappa shape index (κ2) is 8.22. The Bertz CT molecular complexity index is 753. The highest BCUT2D eigenvalue weighted by Crippen LogP contribution is 2.36. The van der Waals surface area contributed by atoms with Gasteiger partial charge in [-0.15, -0.1) is 0 Å². The van der Waals surface area contributed by atoms with Gasteiger partial charge in [0.2, 0.25) is 5.91 Å². The Morgan fingerprint density at radius 1 is 1.07 bits per heavy atom. The van der Waals surface area contributed by atoms with Crippen molar-refractivity contribution in [3.05, 3.63) is 29.2 Å². The summed E-state index contributed by atoms with van der Waals surface area (Å²) in [6.45, 7) is 10.8. The third-order valence-electron chi connectivity index (χ3n) is 6.74. The predicted octanol–water partition coefficient (Wildman–Crippen LogP) is 4.36. The molecule has 0 N–H and O–H groups in total. The van der Waals surface area contributed by atoms with Crippen LogP contribution in [-0.2, 0) is 11.2 Å². The van der Waals surface area contributed by atoms with Gasteiger partial charge in [0.15, 0.2) is 5.82 Å². The lowest BCUT2D eigenvalue weighted by atomic mass is 9.88. The van der Waals surface area contributed by atoms with Crippen LogP contribution in [0.25, 0.3) is 0 Å². The number of carbonyl (C=O) groups is 1. The van der Waals surface area contributed by atoms with Crippen molar-refractivity contribution < 1.29 is 4.79 Å². The quantitative estimate of drug-likeness (QED) is 0.726. The van der Waals surface area contributed by atoms with Gasteiger partial charge in [-0.2, -0.15) is 0 Å². The minimum absolute atomic E-state index is 0.00772. The lowest BCUT2D eigenvalue weighted by Gasteiger charge is -2.35. The van der Waals surface area contributed by atoms with E-state index in [0.29, 0.717) is 5.57 Å². The first kappa shape index (κ1) is 19.4. The number of aromatic nitrogens is 2. The maximum Gasteiger partial charge on any atom is 0.249 e. The van der Waals surface area contributed by atoms with Crippen molar-refractivity contribution in [2.75, 3.05) is 24.5 Å². The third kappa shape index (κ3) is 3.81. The van der Waals surface area contributed by atoms with E-state index in [1.165, 1.54) is 44.1 Å². The molecule has 1 aliphatic carbocycles. The number of rotatable bonds is 4. The molecule has 5 heteroatoms. The Morgan fingerprint density at radius 3 is 2.61 bits per heavy atom. The molecule has 3 heterocycles. The van der Waals surface area contributed by atoms with E-state index < -0.39 is 0 Å². The monoisotopic (exact) mass is 382 g/mol. The smallest absolute Gasteiger partial charge is 0.249 e. The number of likely N-dealkylation sites (tertiary alicyclic amines) is 1. The number of carbonyl (C=O) groups excluding carboxylic acids is 1. The molecule has 0 aromatic carbocycles. The molecule has 2 fully saturated rings. The van der Waals surface area contributed by atoms with Crippen LogP contribution in [-0.4, -0.2) is 40.4 Å². The van der Waals surface area contributed by atoms with Crippen molar-refractivity contribution in [3.8, 4) is 0 Å². The predicted molar refractivity (Wildman–Crippen MR) is 112 cm³/mol. The molecular weight excluding hydrogens is 348 g/mol. The average Bonchev–Trinajstić information content (AvgIpc) is 3.18. The Balaban J connectivity index is 1.62. The van der Waals surface area contributed by atoms with Crippen LogP contribution in [0, 0.1) is 12.8 Å². The van der Waals surface area contributed by atoms with E-state index in [1.54, 1.807) is 6.92 Å². The van der Waals surface area contributed by atoms with Crippen LogP contribution in [0.2, 0.25) is 0 Å². The molecule has 4 rings (SSSR count). The Hall–Kier alpha value is -1.91. The molecular formula is C23H34N4O. The summed E-state index contributed by atoms with van der Waals surface area (Å²) < 4.78 is 0. The maximum atomic E-state index is 12.6. The summed E-state index contributed by atoms with van der Waals surface area (Å²) in [4.78, 5) is 27.0. The average molecular weight is 383 g/mol. The molecule has 28 heavy (non-hydrogen) atoms. The van der Waals surface area contributed by atoms with Gasteiger partial charge >= 0.3 is 0 Å². The van der Waals surface area contributed by atoms with E-state index in [0.717, 1.165) is 62.2 Å². The number of aryl methyl sites for hydroxylation is 1. The minimum atomic E-state index is -0.00772. The van der Waals surface area contributed by atoms with Gasteiger partial charge in [0.05, 0.1) is 6.04 Å². The fraction of sp³-hybridized carbons (Fsp3) is 0.696. The van der Waals surface area contributed by atoms with Crippen molar-refractivity contribution in [3.63, 3.8) is 0 Å². The first-order valence-electron chi connectivity index (χ1n) is 11.1. The summed E-state index contributed by atoms with van der Waals surface area (Å²) in [5.74, 6) is 2.82. The SMILES string of the molecule is C=C(C)C(=O)N1CCCC1c1nc(C)c2c(n1)N(CC1CCCCC1)CCC2. The van der Waals surface area contributed by atoms with Crippen LogP contribution in [0.5, 0.6) is 0 Å². The minimum Gasteiger partial charge on any atom is -0.356 e. The van der Waals surface area contributed by atoms with Crippen molar-refractivity contribution in [2.24, 2.45) is 5.92 Å². The fourth-order valence-electron chi connectivity index (χ4n) is 5.24. The van der Waals surface area contributed by atoms with Gasteiger partial charge in [0, 0.05) is 36.5 Å². The van der Waals surface area contributed by atoms with Gasteiger partial charge < -0.3 is 9.80 Å². The zero-order valence-corrected chi connectivity index (χ0v) is 17.5. The van der Waals surface area contributed by atoms with Crippen molar-refractivity contribution in [1.82, 2.24) is 14.9 Å². The summed E-state index contributed by atoms with van der Waals surface area (Å²) >= 11 is 0. The van der Waals surface area contributed by atoms with E-state index in [2.05, 4.69) is 18.4 Å². The highest BCUT2D eigenvalue weighted by molar-refractivity contribution is 5.92. The molecule has 1 amide bonds. The summed E-state index contributed by atoms with van der Waals surface area (Å²) in [5.41, 5.74) is 3.02. The van der Waals surface area contributed by atoms with E-state index in [4.69, 9.17) is 9.97 Å². The van der Waals surface area contributed by atoms with Crippen molar-refractivity contribution in [2.45, 2.75) is 77.7 Å². The molecule has 1 unspecified atom stereocenters. The van der Waals surface area contributed by atoms with E-state index in [-0.39, 0.29) is 11.9 Å². The van der Waals surface area contributed by atoms with Gasteiger partial charge in [-0.25, -0.2) is 9.97 Å². The fourth-order valence-corrected chi connectivity index (χ4v) is 5.24. The standard InChI is InChI=1S/C23H34N4O/c1-16(2)23(28)27-14-8-12-20(27)21-24-17(3)19-11-7-13-26(22(19)25-21)15-18-9-5-4-6-10-18/h18,20H,1,4-15H2,2-3H3. The maximum absolute atomic E-state index is 12.6. The van der Waals surface area contributed by atoms with Gasteiger partial charge in [0.1, 0.15) is 5.82 Å². The summed E-state index contributed by atoms with van der Waals surface area (Å²) in [7, 11) is 0. The number of fused-ring (bicyclic) bond motifs is 1. The molecule has 2 aliphatic heterocycles. The zero-order chi connectivity index (χ0) is 19.7. The highest BCUT2D eigenvalue weighted by Gasteiger charge is 2.34.